The third-order valence-corrected chi connectivity index (χ3v) is 4.19. The Balaban J connectivity index is 1.94. The fraction of sp³-hybridized carbons (Fsp3) is 0.600. The van der Waals surface area contributed by atoms with Crippen LogP contribution in [0.15, 0.2) is 18.2 Å². The molecule has 3 rings (SSSR count). The van der Waals surface area contributed by atoms with E-state index in [0.717, 1.165) is 11.3 Å². The molecule has 0 radical (unpaired) electrons. The summed E-state index contributed by atoms with van der Waals surface area (Å²) in [6.07, 6.45) is 1.26. The molecule has 110 valence electrons. The highest BCUT2D eigenvalue weighted by Gasteiger charge is 2.43. The van der Waals surface area contributed by atoms with E-state index in [9.17, 15) is 5.11 Å². The van der Waals surface area contributed by atoms with E-state index in [1.54, 1.807) is 14.2 Å². The maximum absolute atomic E-state index is 11.1. The topological polar surface area (TPSA) is 60.0 Å². The van der Waals surface area contributed by atoms with Crippen LogP contribution in [0.3, 0.4) is 0 Å². The molecule has 5 nitrogen and oxygen atoms in total. The van der Waals surface area contributed by atoms with Gasteiger partial charge in [0.2, 0.25) is 0 Å². The summed E-state index contributed by atoms with van der Waals surface area (Å²) in [7, 11) is 3.24. The molecule has 0 aliphatic carbocycles. The van der Waals surface area contributed by atoms with Gasteiger partial charge in [0.25, 0.3) is 0 Å². The first-order valence-corrected chi connectivity index (χ1v) is 6.93. The molecule has 1 aromatic rings. The normalized spacial score (nSPS) is 32.8. The summed E-state index contributed by atoms with van der Waals surface area (Å²) in [5.41, 5.74) is -0.0404. The van der Waals surface area contributed by atoms with Gasteiger partial charge in [0.05, 0.1) is 33.0 Å². The molecule has 5 heteroatoms. The minimum absolute atomic E-state index is 0.194. The van der Waals surface area contributed by atoms with Crippen molar-refractivity contribution in [1.82, 2.24) is 5.32 Å². The highest BCUT2D eigenvalue weighted by molar-refractivity contribution is 5.44. The molecule has 2 aliphatic heterocycles. The van der Waals surface area contributed by atoms with Gasteiger partial charge in [-0.15, -0.1) is 0 Å². The second kappa shape index (κ2) is 5.24. The standard InChI is InChI=1S/C15H21NO4/c1-18-12-3-4-13(14(5-12)19-2)15(17)6-10-8-20-9-11(7-15)16-10/h3-5,10-11,16-17H,6-9H2,1-2H3. The molecule has 0 spiro atoms. The van der Waals surface area contributed by atoms with Crippen LogP contribution in [0.5, 0.6) is 11.5 Å². The number of fused-ring (bicyclic) bond motifs is 2. The minimum Gasteiger partial charge on any atom is -0.497 e. The van der Waals surface area contributed by atoms with Crippen LogP contribution in [0.1, 0.15) is 18.4 Å². The number of nitrogens with one attached hydrogen (secondary N) is 1. The van der Waals surface area contributed by atoms with Gasteiger partial charge in [-0.2, -0.15) is 0 Å². The van der Waals surface area contributed by atoms with E-state index >= 15 is 0 Å². The molecule has 1 aromatic carbocycles. The maximum Gasteiger partial charge on any atom is 0.128 e. The third kappa shape index (κ3) is 2.37. The molecule has 0 amide bonds. The number of aliphatic hydroxyl groups is 1. The van der Waals surface area contributed by atoms with Gasteiger partial charge in [0, 0.05) is 23.7 Å². The second-order valence-electron chi connectivity index (χ2n) is 5.60. The number of morpholine rings is 1. The van der Waals surface area contributed by atoms with E-state index in [2.05, 4.69) is 5.32 Å². The van der Waals surface area contributed by atoms with Crippen molar-refractivity contribution in [3.8, 4) is 11.5 Å². The van der Waals surface area contributed by atoms with Crippen LogP contribution in [0.4, 0.5) is 0 Å². The second-order valence-corrected chi connectivity index (χ2v) is 5.60. The van der Waals surface area contributed by atoms with Crippen molar-refractivity contribution in [3.63, 3.8) is 0 Å². The fourth-order valence-electron chi connectivity index (χ4n) is 3.32. The average Bonchev–Trinajstić information content (AvgIpc) is 2.46. The Morgan fingerprint density at radius 3 is 2.50 bits per heavy atom. The lowest BCUT2D eigenvalue weighted by Gasteiger charge is -2.45. The first-order valence-electron chi connectivity index (χ1n) is 6.93. The third-order valence-electron chi connectivity index (χ3n) is 4.19. The van der Waals surface area contributed by atoms with Gasteiger partial charge in [-0.25, -0.2) is 0 Å². The molecule has 2 unspecified atom stereocenters. The van der Waals surface area contributed by atoms with Gasteiger partial charge in [0.1, 0.15) is 11.5 Å². The maximum atomic E-state index is 11.1. The molecule has 2 bridgehead atoms. The molecule has 2 N–H and O–H groups in total. The predicted octanol–water partition coefficient (Wildman–Crippen LogP) is 1.04. The Bertz CT molecular complexity index is 479. The number of ether oxygens (including phenoxy) is 3. The zero-order valence-corrected chi connectivity index (χ0v) is 11.9. The first kappa shape index (κ1) is 13.7. The average molecular weight is 279 g/mol. The smallest absolute Gasteiger partial charge is 0.128 e. The molecule has 2 fully saturated rings. The van der Waals surface area contributed by atoms with E-state index in [0.29, 0.717) is 31.8 Å². The predicted molar refractivity (Wildman–Crippen MR) is 74.2 cm³/mol. The Kier molecular flexibility index (Phi) is 3.58. The van der Waals surface area contributed by atoms with E-state index < -0.39 is 5.60 Å². The van der Waals surface area contributed by atoms with E-state index in [1.165, 1.54) is 0 Å². The van der Waals surface area contributed by atoms with Crippen molar-refractivity contribution in [1.29, 1.82) is 0 Å². The summed E-state index contributed by atoms with van der Waals surface area (Å²) in [5.74, 6) is 1.40. The summed E-state index contributed by atoms with van der Waals surface area (Å²) >= 11 is 0. The SMILES string of the molecule is COc1ccc(C2(O)CC3COCC(C2)N3)c(OC)c1. The van der Waals surface area contributed by atoms with Gasteiger partial charge in [-0.3, -0.25) is 0 Å². The van der Waals surface area contributed by atoms with Crippen LogP contribution in [-0.4, -0.2) is 44.6 Å². The molecule has 2 saturated heterocycles. The molecule has 2 atom stereocenters. The van der Waals surface area contributed by atoms with Gasteiger partial charge in [0.15, 0.2) is 0 Å². The van der Waals surface area contributed by atoms with Crippen LogP contribution in [-0.2, 0) is 10.3 Å². The fourth-order valence-corrected chi connectivity index (χ4v) is 3.32. The van der Waals surface area contributed by atoms with E-state index in [-0.39, 0.29) is 12.1 Å². The van der Waals surface area contributed by atoms with Gasteiger partial charge in [-0.1, -0.05) is 0 Å². The molecule has 20 heavy (non-hydrogen) atoms. The Hall–Kier alpha value is -1.30. The van der Waals surface area contributed by atoms with E-state index in [1.807, 2.05) is 18.2 Å². The van der Waals surface area contributed by atoms with Crippen LogP contribution < -0.4 is 14.8 Å². The van der Waals surface area contributed by atoms with Crippen molar-refractivity contribution in [3.05, 3.63) is 23.8 Å². The quantitative estimate of drug-likeness (QED) is 0.866. The number of methoxy groups -OCH3 is 2. The lowest BCUT2D eigenvalue weighted by Crippen LogP contribution is -2.58. The van der Waals surface area contributed by atoms with Crippen molar-refractivity contribution >= 4 is 0 Å². The van der Waals surface area contributed by atoms with Crippen LogP contribution >= 0.6 is 0 Å². The van der Waals surface area contributed by atoms with Crippen LogP contribution in [0, 0.1) is 0 Å². The number of piperidine rings is 1. The monoisotopic (exact) mass is 279 g/mol. The molecular formula is C15H21NO4. The van der Waals surface area contributed by atoms with Crippen molar-refractivity contribution in [2.45, 2.75) is 30.5 Å². The molecule has 0 aromatic heterocycles. The Morgan fingerprint density at radius 1 is 1.20 bits per heavy atom. The number of hydrogen-bond donors (Lipinski definition) is 2. The Morgan fingerprint density at radius 2 is 1.90 bits per heavy atom. The number of hydrogen-bond acceptors (Lipinski definition) is 5. The zero-order chi connectivity index (χ0) is 14.2. The van der Waals surface area contributed by atoms with Crippen LogP contribution in [0.25, 0.3) is 0 Å². The van der Waals surface area contributed by atoms with Crippen molar-refractivity contribution < 1.29 is 19.3 Å². The van der Waals surface area contributed by atoms with Crippen LogP contribution in [0.2, 0.25) is 0 Å². The van der Waals surface area contributed by atoms with Gasteiger partial charge >= 0.3 is 0 Å². The molecule has 2 aliphatic rings. The first-order chi connectivity index (χ1) is 9.64. The van der Waals surface area contributed by atoms with E-state index in [4.69, 9.17) is 14.2 Å². The highest BCUT2D eigenvalue weighted by Crippen LogP contribution is 2.41. The summed E-state index contributed by atoms with van der Waals surface area (Å²) in [6.45, 7) is 1.30. The molecule has 2 heterocycles. The number of benzene rings is 1. The van der Waals surface area contributed by atoms with Gasteiger partial charge < -0.3 is 24.6 Å². The summed E-state index contributed by atoms with van der Waals surface area (Å²) in [4.78, 5) is 0. The van der Waals surface area contributed by atoms with Crippen molar-refractivity contribution in [2.75, 3.05) is 27.4 Å². The molecule has 0 saturated carbocycles. The largest absolute Gasteiger partial charge is 0.497 e. The summed E-state index contributed by atoms with van der Waals surface area (Å²) in [5, 5.41) is 14.6. The molecular weight excluding hydrogens is 258 g/mol. The summed E-state index contributed by atoms with van der Waals surface area (Å²) < 4.78 is 16.2. The van der Waals surface area contributed by atoms with Crippen molar-refractivity contribution in [2.24, 2.45) is 0 Å². The van der Waals surface area contributed by atoms with Gasteiger partial charge in [-0.05, 0) is 25.0 Å². The zero-order valence-electron chi connectivity index (χ0n) is 11.9. The lowest BCUT2D eigenvalue weighted by atomic mass is 9.77. The Labute approximate surface area is 118 Å². The minimum atomic E-state index is -0.873. The number of rotatable bonds is 3. The summed E-state index contributed by atoms with van der Waals surface area (Å²) in [6, 6.07) is 5.98. The lowest BCUT2D eigenvalue weighted by molar-refractivity contribution is -0.0810. The highest BCUT2D eigenvalue weighted by atomic mass is 16.5.